The van der Waals surface area contributed by atoms with Crippen LogP contribution in [0.4, 0.5) is 10.1 Å². The van der Waals surface area contributed by atoms with Crippen molar-refractivity contribution in [1.29, 1.82) is 0 Å². The SMILES string of the molecule is Nc1c(C(=O)NCC2CCC(O)C2)sc2cccc(F)c12. The number of benzene rings is 1. The van der Waals surface area contributed by atoms with Gasteiger partial charge in [-0.25, -0.2) is 4.39 Å². The fourth-order valence-corrected chi connectivity index (χ4v) is 3.90. The zero-order valence-electron chi connectivity index (χ0n) is 11.4. The molecule has 21 heavy (non-hydrogen) atoms. The summed E-state index contributed by atoms with van der Waals surface area (Å²) in [6.45, 7) is 0.520. The first-order valence-electron chi connectivity index (χ1n) is 6.99. The maximum absolute atomic E-state index is 13.8. The van der Waals surface area contributed by atoms with Crippen LogP contribution < -0.4 is 11.1 Å². The molecule has 6 heteroatoms. The number of amides is 1. The van der Waals surface area contributed by atoms with Crippen LogP contribution >= 0.6 is 11.3 Å². The van der Waals surface area contributed by atoms with E-state index in [1.807, 2.05) is 0 Å². The first-order chi connectivity index (χ1) is 10.1. The minimum Gasteiger partial charge on any atom is -0.397 e. The Labute approximate surface area is 125 Å². The third-order valence-corrected chi connectivity index (χ3v) is 5.14. The van der Waals surface area contributed by atoms with Crippen LogP contribution in [0.2, 0.25) is 0 Å². The average molecular weight is 308 g/mol. The summed E-state index contributed by atoms with van der Waals surface area (Å²) in [5, 5.41) is 12.6. The van der Waals surface area contributed by atoms with Crippen molar-refractivity contribution in [2.24, 2.45) is 5.92 Å². The molecule has 1 saturated carbocycles. The standard InChI is InChI=1S/C15H17FN2O2S/c16-10-2-1-3-11-12(10)13(17)14(21-11)15(20)18-7-8-4-5-9(19)6-8/h1-3,8-9,19H,4-7,17H2,(H,18,20). The predicted octanol–water partition coefficient (Wildman–Crippen LogP) is 2.51. The lowest BCUT2D eigenvalue weighted by molar-refractivity contribution is 0.0950. The highest BCUT2D eigenvalue weighted by molar-refractivity contribution is 7.21. The second kappa shape index (κ2) is 5.61. The Morgan fingerprint density at radius 2 is 2.29 bits per heavy atom. The Bertz CT molecular complexity index is 686. The minimum absolute atomic E-state index is 0.206. The molecule has 3 rings (SSSR count). The van der Waals surface area contributed by atoms with Crippen LogP contribution in [0, 0.1) is 11.7 Å². The molecule has 4 N–H and O–H groups in total. The van der Waals surface area contributed by atoms with Gasteiger partial charge in [-0.15, -0.1) is 11.3 Å². The van der Waals surface area contributed by atoms with E-state index in [1.54, 1.807) is 12.1 Å². The molecule has 1 aromatic carbocycles. The van der Waals surface area contributed by atoms with Crippen LogP contribution in [0.3, 0.4) is 0 Å². The number of carbonyl (C=O) groups excluding carboxylic acids is 1. The summed E-state index contributed by atoms with van der Waals surface area (Å²) in [7, 11) is 0. The van der Waals surface area contributed by atoms with Crippen molar-refractivity contribution in [3.8, 4) is 0 Å². The van der Waals surface area contributed by atoms with Crippen LogP contribution in [0.25, 0.3) is 10.1 Å². The number of aliphatic hydroxyl groups excluding tert-OH is 1. The summed E-state index contributed by atoms with van der Waals surface area (Å²) in [4.78, 5) is 12.6. The molecular weight excluding hydrogens is 291 g/mol. The normalized spacial score (nSPS) is 21.8. The van der Waals surface area contributed by atoms with Gasteiger partial charge in [0.25, 0.3) is 5.91 Å². The molecule has 1 aliphatic rings. The summed E-state index contributed by atoms with van der Waals surface area (Å²) in [5.41, 5.74) is 6.12. The fourth-order valence-electron chi connectivity index (χ4n) is 2.85. The van der Waals surface area contributed by atoms with Gasteiger partial charge in [-0.05, 0) is 37.3 Å². The average Bonchev–Trinajstić information content (AvgIpc) is 3.01. The summed E-state index contributed by atoms with van der Waals surface area (Å²) in [6.07, 6.45) is 2.17. The Balaban J connectivity index is 1.76. The van der Waals surface area contributed by atoms with Crippen LogP contribution in [-0.4, -0.2) is 23.7 Å². The number of nitrogens with two attached hydrogens (primary N) is 1. The largest absolute Gasteiger partial charge is 0.397 e. The maximum Gasteiger partial charge on any atom is 0.263 e. The number of nitrogen functional groups attached to an aromatic ring is 1. The van der Waals surface area contributed by atoms with Crippen molar-refractivity contribution >= 4 is 33.0 Å². The van der Waals surface area contributed by atoms with Gasteiger partial charge >= 0.3 is 0 Å². The second-order valence-electron chi connectivity index (χ2n) is 5.50. The number of hydrogen-bond donors (Lipinski definition) is 3. The lowest BCUT2D eigenvalue weighted by atomic mass is 10.1. The molecule has 0 bridgehead atoms. The highest BCUT2D eigenvalue weighted by Crippen LogP contribution is 2.35. The van der Waals surface area contributed by atoms with Crippen molar-refractivity contribution in [3.05, 3.63) is 28.9 Å². The van der Waals surface area contributed by atoms with Crippen LogP contribution in [0.1, 0.15) is 28.9 Å². The molecule has 1 aliphatic carbocycles. The molecule has 0 saturated heterocycles. The molecule has 1 amide bonds. The third-order valence-electron chi connectivity index (χ3n) is 3.97. The molecule has 4 nitrogen and oxygen atoms in total. The number of hydrogen-bond acceptors (Lipinski definition) is 4. The summed E-state index contributed by atoms with van der Waals surface area (Å²) in [5.74, 6) is -0.370. The lowest BCUT2D eigenvalue weighted by Gasteiger charge is -2.10. The van der Waals surface area contributed by atoms with Crippen molar-refractivity contribution in [2.75, 3.05) is 12.3 Å². The van der Waals surface area contributed by atoms with Gasteiger partial charge in [-0.1, -0.05) is 6.07 Å². The molecule has 1 aromatic heterocycles. The van der Waals surface area contributed by atoms with Gasteiger partial charge in [0.15, 0.2) is 0 Å². The first-order valence-corrected chi connectivity index (χ1v) is 7.80. The van der Waals surface area contributed by atoms with Gasteiger partial charge in [0.2, 0.25) is 0 Å². The van der Waals surface area contributed by atoms with E-state index < -0.39 is 5.82 Å². The number of rotatable bonds is 3. The van der Waals surface area contributed by atoms with E-state index in [-0.39, 0.29) is 17.7 Å². The number of carbonyl (C=O) groups is 1. The van der Waals surface area contributed by atoms with E-state index in [0.717, 1.165) is 19.3 Å². The fraction of sp³-hybridized carbons (Fsp3) is 0.400. The van der Waals surface area contributed by atoms with Crippen molar-refractivity contribution in [2.45, 2.75) is 25.4 Å². The van der Waals surface area contributed by atoms with Crippen molar-refractivity contribution in [3.63, 3.8) is 0 Å². The minimum atomic E-state index is -0.404. The van der Waals surface area contributed by atoms with Gasteiger partial charge in [-0.2, -0.15) is 0 Å². The Morgan fingerprint density at radius 1 is 1.48 bits per heavy atom. The van der Waals surface area contributed by atoms with Crippen LogP contribution in [0.15, 0.2) is 18.2 Å². The van der Waals surface area contributed by atoms with Crippen molar-refractivity contribution < 1.29 is 14.3 Å². The molecule has 1 heterocycles. The smallest absolute Gasteiger partial charge is 0.263 e. The summed E-state index contributed by atoms with van der Waals surface area (Å²) < 4.78 is 14.4. The Kier molecular flexibility index (Phi) is 3.82. The molecule has 112 valence electrons. The quantitative estimate of drug-likeness (QED) is 0.815. The lowest BCUT2D eigenvalue weighted by Crippen LogP contribution is -2.28. The maximum atomic E-state index is 13.8. The van der Waals surface area contributed by atoms with E-state index in [4.69, 9.17) is 5.73 Å². The van der Waals surface area contributed by atoms with E-state index in [0.29, 0.717) is 27.4 Å². The molecule has 2 atom stereocenters. The van der Waals surface area contributed by atoms with Gasteiger partial charge in [0.1, 0.15) is 10.7 Å². The Morgan fingerprint density at radius 3 is 2.95 bits per heavy atom. The highest BCUT2D eigenvalue weighted by Gasteiger charge is 2.24. The highest BCUT2D eigenvalue weighted by atomic mass is 32.1. The molecule has 1 fully saturated rings. The van der Waals surface area contributed by atoms with E-state index in [2.05, 4.69) is 5.32 Å². The number of fused-ring (bicyclic) bond motifs is 1. The number of thiophene rings is 1. The van der Waals surface area contributed by atoms with Crippen LogP contribution in [0.5, 0.6) is 0 Å². The number of aliphatic hydroxyl groups is 1. The molecule has 2 unspecified atom stereocenters. The van der Waals surface area contributed by atoms with E-state index in [9.17, 15) is 14.3 Å². The van der Waals surface area contributed by atoms with E-state index in [1.165, 1.54) is 17.4 Å². The molecule has 0 aliphatic heterocycles. The van der Waals surface area contributed by atoms with Gasteiger partial charge in [0, 0.05) is 11.2 Å². The molecule has 0 radical (unpaired) electrons. The van der Waals surface area contributed by atoms with Gasteiger partial charge in [-0.3, -0.25) is 4.79 Å². The predicted molar refractivity (Wildman–Crippen MR) is 81.9 cm³/mol. The Hall–Kier alpha value is -1.66. The number of halogens is 1. The topological polar surface area (TPSA) is 75.4 Å². The summed E-state index contributed by atoms with van der Waals surface area (Å²) in [6, 6.07) is 4.70. The number of nitrogens with one attached hydrogen (secondary N) is 1. The zero-order valence-corrected chi connectivity index (χ0v) is 12.3. The molecular formula is C15H17FN2O2S. The molecule has 0 spiro atoms. The second-order valence-corrected chi connectivity index (χ2v) is 6.55. The van der Waals surface area contributed by atoms with Gasteiger partial charge < -0.3 is 16.2 Å². The third kappa shape index (κ3) is 2.73. The zero-order chi connectivity index (χ0) is 15.0. The van der Waals surface area contributed by atoms with Crippen LogP contribution in [-0.2, 0) is 0 Å². The number of anilines is 1. The summed E-state index contributed by atoms with van der Waals surface area (Å²) >= 11 is 1.20. The van der Waals surface area contributed by atoms with Crippen molar-refractivity contribution in [1.82, 2.24) is 5.32 Å². The monoisotopic (exact) mass is 308 g/mol. The first kappa shape index (κ1) is 14.3. The van der Waals surface area contributed by atoms with Gasteiger partial charge in [0.05, 0.1) is 17.2 Å². The molecule has 2 aromatic rings. The van der Waals surface area contributed by atoms with E-state index >= 15 is 0 Å².